The molecule has 0 fully saturated rings. The minimum Gasteiger partial charge on any atom is -0.336 e. The number of aromatic amines is 1. The van der Waals surface area contributed by atoms with E-state index in [1.54, 1.807) is 0 Å². The second kappa shape index (κ2) is 8.25. The maximum absolute atomic E-state index is 12.8. The molecule has 0 saturated heterocycles. The van der Waals surface area contributed by atoms with Crippen LogP contribution in [0.1, 0.15) is 0 Å². The van der Waals surface area contributed by atoms with Gasteiger partial charge in [0, 0.05) is 25.0 Å². The van der Waals surface area contributed by atoms with Crippen molar-refractivity contribution in [1.82, 2.24) is 14.9 Å². The predicted molar refractivity (Wildman–Crippen MR) is 88.2 cm³/mol. The summed E-state index contributed by atoms with van der Waals surface area (Å²) in [6.45, 7) is -0.143. The van der Waals surface area contributed by atoms with Crippen molar-refractivity contribution in [2.24, 2.45) is 0 Å². The van der Waals surface area contributed by atoms with Gasteiger partial charge in [0.05, 0.1) is 12.3 Å². The number of benzene rings is 1. The topological polar surface area (TPSA) is 95.2 Å². The quantitative estimate of drug-likeness (QED) is 0.601. The van der Waals surface area contributed by atoms with Gasteiger partial charge in [-0.15, -0.1) is 0 Å². The molecule has 0 bridgehead atoms. The molecule has 1 aromatic carbocycles. The Morgan fingerprint density at radius 1 is 1.29 bits per heavy atom. The van der Waals surface area contributed by atoms with E-state index < -0.39 is 11.7 Å². The molecule has 1 aromatic heterocycles. The maximum atomic E-state index is 12.8. The molecule has 2 N–H and O–H groups in total. The third-order valence-corrected chi connectivity index (χ3v) is 3.79. The molecule has 0 unspecified atom stereocenters. The zero-order chi connectivity index (χ0) is 17.5. The van der Waals surface area contributed by atoms with Gasteiger partial charge in [-0.2, -0.15) is 0 Å². The Bertz CT molecular complexity index is 779. The second-order valence-corrected chi connectivity index (χ2v) is 5.80. The summed E-state index contributed by atoms with van der Waals surface area (Å²) in [5.74, 6) is -1.05. The van der Waals surface area contributed by atoms with Crippen LogP contribution in [0.3, 0.4) is 0 Å². The van der Waals surface area contributed by atoms with E-state index in [1.165, 1.54) is 48.5 Å². The number of halogens is 1. The molecule has 24 heavy (non-hydrogen) atoms. The lowest BCUT2D eigenvalue weighted by Crippen LogP contribution is -2.36. The number of nitrogens with one attached hydrogen (secondary N) is 2. The van der Waals surface area contributed by atoms with Crippen LogP contribution in [0.2, 0.25) is 0 Å². The smallest absolute Gasteiger partial charge is 0.251 e. The lowest BCUT2D eigenvalue weighted by atomic mass is 10.3. The third-order valence-electron chi connectivity index (χ3n) is 2.91. The Balaban J connectivity index is 1.81. The summed E-state index contributed by atoms with van der Waals surface area (Å²) >= 11 is 1.07. The van der Waals surface area contributed by atoms with Crippen molar-refractivity contribution in [3.05, 3.63) is 52.7 Å². The second-order valence-electron chi connectivity index (χ2n) is 4.83. The molecule has 0 saturated carbocycles. The highest BCUT2D eigenvalue weighted by Crippen LogP contribution is 2.11. The summed E-state index contributed by atoms with van der Waals surface area (Å²) in [6.07, 6.45) is 1.35. The van der Waals surface area contributed by atoms with Gasteiger partial charge in [-0.05, 0) is 24.3 Å². The number of nitrogens with zero attached hydrogens (tertiary/aromatic N) is 2. The number of amides is 2. The average Bonchev–Trinajstić information content (AvgIpc) is 2.54. The number of hydrogen-bond acceptors (Lipinski definition) is 5. The zero-order valence-electron chi connectivity index (χ0n) is 12.8. The number of H-pyrrole nitrogens is 1. The van der Waals surface area contributed by atoms with Gasteiger partial charge in [0.15, 0.2) is 5.16 Å². The van der Waals surface area contributed by atoms with Crippen LogP contribution in [0, 0.1) is 5.82 Å². The highest BCUT2D eigenvalue weighted by Gasteiger charge is 2.14. The standard InChI is InChI=1S/C15H15FN4O3S/c1-20(8-13(22)18-11-4-2-10(16)3-5-11)14(23)9-24-15-17-7-6-12(21)19-15/h2-7H,8-9H2,1H3,(H,18,22)(H,17,19,21). The molecule has 9 heteroatoms. The number of rotatable bonds is 6. The molecule has 2 rings (SSSR count). The molecule has 0 radical (unpaired) electrons. The number of aromatic nitrogens is 2. The van der Waals surface area contributed by atoms with Gasteiger partial charge in [0.2, 0.25) is 11.8 Å². The fourth-order valence-electron chi connectivity index (χ4n) is 1.70. The molecule has 2 amide bonds. The molecule has 0 aliphatic heterocycles. The Kier molecular flexibility index (Phi) is 6.07. The highest BCUT2D eigenvalue weighted by atomic mass is 32.2. The average molecular weight is 350 g/mol. The van der Waals surface area contributed by atoms with Crippen LogP contribution in [-0.2, 0) is 9.59 Å². The van der Waals surface area contributed by atoms with Gasteiger partial charge < -0.3 is 15.2 Å². The molecule has 0 aliphatic rings. The minimum atomic E-state index is -0.398. The Morgan fingerprint density at radius 2 is 2.00 bits per heavy atom. The van der Waals surface area contributed by atoms with Crippen LogP contribution in [0.15, 0.2) is 46.5 Å². The number of carbonyl (C=O) groups is 2. The molecule has 2 aromatic rings. The monoisotopic (exact) mass is 350 g/mol. The number of hydrogen-bond donors (Lipinski definition) is 2. The van der Waals surface area contributed by atoms with Crippen molar-refractivity contribution in [2.45, 2.75) is 5.16 Å². The fourth-order valence-corrected chi connectivity index (χ4v) is 2.49. The highest BCUT2D eigenvalue weighted by molar-refractivity contribution is 7.99. The maximum Gasteiger partial charge on any atom is 0.251 e. The summed E-state index contributed by atoms with van der Waals surface area (Å²) < 4.78 is 12.8. The van der Waals surface area contributed by atoms with Crippen LogP contribution >= 0.6 is 11.8 Å². The van der Waals surface area contributed by atoms with Crippen molar-refractivity contribution in [1.29, 1.82) is 0 Å². The summed E-state index contributed by atoms with van der Waals surface area (Å²) in [6, 6.07) is 6.60. The molecule has 0 atom stereocenters. The van der Waals surface area contributed by atoms with Crippen molar-refractivity contribution in [2.75, 3.05) is 24.7 Å². The Hall–Kier alpha value is -2.68. The normalized spacial score (nSPS) is 10.2. The molecule has 0 spiro atoms. The first-order valence-corrected chi connectivity index (χ1v) is 7.90. The first kappa shape index (κ1) is 17.7. The van der Waals surface area contributed by atoms with Crippen LogP contribution in [-0.4, -0.2) is 46.0 Å². The Labute approximate surface area is 141 Å². The van der Waals surface area contributed by atoms with Crippen LogP contribution in [0.5, 0.6) is 0 Å². The summed E-state index contributed by atoms with van der Waals surface area (Å²) in [4.78, 5) is 42.7. The first-order chi connectivity index (χ1) is 11.4. The third kappa shape index (κ3) is 5.51. The Morgan fingerprint density at radius 3 is 2.67 bits per heavy atom. The fraction of sp³-hybridized carbons (Fsp3) is 0.200. The van der Waals surface area contributed by atoms with Crippen LogP contribution in [0.25, 0.3) is 0 Å². The number of anilines is 1. The van der Waals surface area contributed by atoms with E-state index in [0.717, 1.165) is 11.8 Å². The number of carbonyl (C=O) groups excluding carboxylic acids is 2. The lowest BCUT2D eigenvalue weighted by Gasteiger charge is -2.16. The summed E-state index contributed by atoms with van der Waals surface area (Å²) in [5.41, 5.74) is 0.148. The van der Waals surface area contributed by atoms with E-state index in [9.17, 15) is 18.8 Å². The van der Waals surface area contributed by atoms with Gasteiger partial charge in [-0.1, -0.05) is 11.8 Å². The molecular weight excluding hydrogens is 335 g/mol. The molecule has 7 nitrogen and oxygen atoms in total. The van der Waals surface area contributed by atoms with Gasteiger partial charge >= 0.3 is 0 Å². The van der Waals surface area contributed by atoms with Crippen molar-refractivity contribution >= 4 is 29.3 Å². The van der Waals surface area contributed by atoms with Crippen LogP contribution < -0.4 is 10.9 Å². The summed E-state index contributed by atoms with van der Waals surface area (Å²) in [5, 5.41) is 2.90. The zero-order valence-corrected chi connectivity index (χ0v) is 13.6. The van der Waals surface area contributed by atoms with Crippen LogP contribution in [0.4, 0.5) is 10.1 Å². The van der Waals surface area contributed by atoms with E-state index in [-0.39, 0.29) is 23.8 Å². The molecule has 126 valence electrons. The molecular formula is C15H15FN4O3S. The van der Waals surface area contributed by atoms with E-state index in [0.29, 0.717) is 10.8 Å². The number of likely N-dealkylation sites (N-methyl/N-ethyl adjacent to an activating group) is 1. The summed E-state index contributed by atoms with van der Waals surface area (Å²) in [7, 11) is 1.49. The predicted octanol–water partition coefficient (Wildman–Crippen LogP) is 1.10. The SMILES string of the molecule is CN(CC(=O)Nc1ccc(F)cc1)C(=O)CSc1nccc(=O)[nH]1. The first-order valence-electron chi connectivity index (χ1n) is 6.91. The molecule has 1 heterocycles. The van der Waals surface area contributed by atoms with E-state index >= 15 is 0 Å². The van der Waals surface area contributed by atoms with Gasteiger partial charge in [0.25, 0.3) is 5.56 Å². The van der Waals surface area contributed by atoms with E-state index in [2.05, 4.69) is 15.3 Å². The van der Waals surface area contributed by atoms with Crippen molar-refractivity contribution < 1.29 is 14.0 Å². The largest absolute Gasteiger partial charge is 0.336 e. The van der Waals surface area contributed by atoms with Gasteiger partial charge in [0.1, 0.15) is 5.82 Å². The van der Waals surface area contributed by atoms with Crippen molar-refractivity contribution in [3.8, 4) is 0 Å². The minimum absolute atomic E-state index is 0.0350. The lowest BCUT2D eigenvalue weighted by molar-refractivity contribution is -0.131. The number of thioether (sulfide) groups is 1. The van der Waals surface area contributed by atoms with E-state index in [4.69, 9.17) is 0 Å². The van der Waals surface area contributed by atoms with Crippen molar-refractivity contribution in [3.63, 3.8) is 0 Å². The van der Waals surface area contributed by atoms with E-state index in [1.807, 2.05) is 0 Å². The molecule has 0 aliphatic carbocycles. The van der Waals surface area contributed by atoms with Gasteiger partial charge in [-0.3, -0.25) is 14.4 Å². The van der Waals surface area contributed by atoms with Gasteiger partial charge in [-0.25, -0.2) is 9.37 Å².